The maximum Gasteiger partial charge on any atom is 0.192 e. The Hall–Kier alpha value is 0.274. The van der Waals surface area contributed by atoms with Crippen LogP contribution in [0.2, 0.25) is 36.3 Å². The molecule has 0 aliphatic heterocycles. The molecular formula is C19H44O4Si2. The SMILES string of the molecule is C[C@@H](O[Si](C)(C)C(C)(C)C)[C@@H](C[C@@H](O)CCO)O[Si](C)(C)C(C)(C)C. The van der Waals surface area contributed by atoms with Crippen molar-refractivity contribution in [3.8, 4) is 0 Å². The standard InChI is InChI=1S/C19H44O4Si2/c1-15(22-24(8,9)18(2,3)4)17(14-16(21)12-13-20)23-25(10,11)19(5,6)7/h15-17,20-21H,12-14H2,1-11H3/t15-,16+,17-/m1/s1. The number of hydrogen-bond acceptors (Lipinski definition) is 4. The minimum atomic E-state index is -1.98. The maximum absolute atomic E-state index is 10.3. The number of hydrogen-bond donors (Lipinski definition) is 2. The second-order valence-corrected chi connectivity index (χ2v) is 19.9. The Labute approximate surface area is 158 Å². The Morgan fingerprint density at radius 3 is 1.60 bits per heavy atom. The molecule has 0 unspecified atom stereocenters. The van der Waals surface area contributed by atoms with Crippen molar-refractivity contribution >= 4 is 16.6 Å². The fourth-order valence-electron chi connectivity index (χ4n) is 2.14. The summed E-state index contributed by atoms with van der Waals surface area (Å²) in [7, 11) is -3.90. The van der Waals surface area contributed by atoms with Crippen molar-refractivity contribution < 1.29 is 19.1 Å². The van der Waals surface area contributed by atoms with Crippen LogP contribution < -0.4 is 0 Å². The van der Waals surface area contributed by atoms with Gasteiger partial charge in [0.2, 0.25) is 0 Å². The molecule has 0 aromatic rings. The second-order valence-electron chi connectivity index (χ2n) is 10.4. The van der Waals surface area contributed by atoms with Gasteiger partial charge in [-0.1, -0.05) is 41.5 Å². The van der Waals surface area contributed by atoms with E-state index in [4.69, 9.17) is 14.0 Å². The summed E-state index contributed by atoms with van der Waals surface area (Å²) in [4.78, 5) is 0. The zero-order chi connectivity index (χ0) is 20.3. The van der Waals surface area contributed by atoms with Gasteiger partial charge in [0.1, 0.15) is 0 Å². The third kappa shape index (κ3) is 7.81. The van der Waals surface area contributed by atoms with Crippen molar-refractivity contribution in [2.75, 3.05) is 6.61 Å². The third-order valence-electron chi connectivity index (χ3n) is 6.03. The molecule has 0 aromatic heterocycles. The Kier molecular flexibility index (Phi) is 9.07. The van der Waals surface area contributed by atoms with E-state index < -0.39 is 22.7 Å². The minimum absolute atomic E-state index is 0.00848. The number of rotatable bonds is 9. The van der Waals surface area contributed by atoms with Crippen LogP contribution in [0.25, 0.3) is 0 Å². The zero-order valence-corrected chi connectivity index (χ0v) is 20.6. The molecule has 0 rings (SSSR count). The van der Waals surface area contributed by atoms with Gasteiger partial charge in [-0.3, -0.25) is 0 Å². The Morgan fingerprint density at radius 1 is 0.840 bits per heavy atom. The normalized spacial score (nSPS) is 18.1. The lowest BCUT2D eigenvalue weighted by Crippen LogP contribution is -2.51. The summed E-state index contributed by atoms with van der Waals surface area (Å²) in [5.74, 6) is 0. The summed E-state index contributed by atoms with van der Waals surface area (Å²) in [5.41, 5.74) is 0. The smallest absolute Gasteiger partial charge is 0.192 e. The van der Waals surface area contributed by atoms with Crippen LogP contribution in [0.15, 0.2) is 0 Å². The molecule has 6 heteroatoms. The molecular weight excluding hydrogens is 348 g/mol. The van der Waals surface area contributed by atoms with E-state index in [9.17, 15) is 5.11 Å². The predicted molar refractivity (Wildman–Crippen MR) is 112 cm³/mol. The summed E-state index contributed by atoms with van der Waals surface area (Å²) in [6.45, 7) is 24.4. The van der Waals surface area contributed by atoms with Gasteiger partial charge in [0, 0.05) is 13.0 Å². The Balaban J connectivity index is 5.38. The van der Waals surface area contributed by atoms with Gasteiger partial charge >= 0.3 is 0 Å². The van der Waals surface area contributed by atoms with Crippen LogP contribution in [0, 0.1) is 0 Å². The molecule has 0 aromatic carbocycles. The van der Waals surface area contributed by atoms with Crippen molar-refractivity contribution in [1.29, 1.82) is 0 Å². The molecule has 4 nitrogen and oxygen atoms in total. The van der Waals surface area contributed by atoms with E-state index in [-0.39, 0.29) is 28.9 Å². The van der Waals surface area contributed by atoms with Crippen LogP contribution >= 0.6 is 0 Å². The van der Waals surface area contributed by atoms with E-state index in [2.05, 4.69) is 74.7 Å². The fourth-order valence-corrected chi connectivity index (χ4v) is 4.98. The van der Waals surface area contributed by atoms with Gasteiger partial charge in [0.05, 0.1) is 18.3 Å². The average molecular weight is 393 g/mol. The summed E-state index contributed by atoms with van der Waals surface area (Å²) in [6.07, 6.45) is 0.0812. The van der Waals surface area contributed by atoms with Crippen molar-refractivity contribution in [3.63, 3.8) is 0 Å². The molecule has 0 aliphatic carbocycles. The van der Waals surface area contributed by atoms with Crippen LogP contribution in [0.4, 0.5) is 0 Å². The summed E-state index contributed by atoms with van der Waals surface area (Å²) in [5, 5.41) is 19.6. The van der Waals surface area contributed by atoms with Gasteiger partial charge in [-0.25, -0.2) is 0 Å². The Morgan fingerprint density at radius 2 is 1.24 bits per heavy atom. The highest BCUT2D eigenvalue weighted by Gasteiger charge is 2.43. The van der Waals surface area contributed by atoms with E-state index in [0.29, 0.717) is 12.8 Å². The fraction of sp³-hybridized carbons (Fsp3) is 1.00. The first kappa shape index (κ1) is 25.3. The molecule has 0 fully saturated rings. The van der Waals surface area contributed by atoms with Gasteiger partial charge in [-0.2, -0.15) is 0 Å². The van der Waals surface area contributed by atoms with Gasteiger partial charge in [0.15, 0.2) is 16.6 Å². The van der Waals surface area contributed by atoms with Gasteiger partial charge < -0.3 is 19.1 Å². The first-order chi connectivity index (χ1) is 10.9. The zero-order valence-electron chi connectivity index (χ0n) is 18.6. The first-order valence-corrected chi connectivity index (χ1v) is 15.4. The summed E-state index contributed by atoms with van der Waals surface area (Å²) in [6, 6.07) is 0. The topological polar surface area (TPSA) is 58.9 Å². The van der Waals surface area contributed by atoms with Gasteiger partial charge in [0.25, 0.3) is 0 Å². The molecule has 25 heavy (non-hydrogen) atoms. The van der Waals surface area contributed by atoms with Crippen LogP contribution in [0.1, 0.15) is 61.3 Å². The maximum atomic E-state index is 10.3. The van der Waals surface area contributed by atoms with Crippen molar-refractivity contribution in [2.24, 2.45) is 0 Å². The van der Waals surface area contributed by atoms with E-state index in [1.54, 1.807) is 0 Å². The molecule has 0 saturated heterocycles. The molecule has 0 radical (unpaired) electrons. The number of aliphatic hydroxyl groups is 2. The highest BCUT2D eigenvalue weighted by molar-refractivity contribution is 6.74. The van der Waals surface area contributed by atoms with Gasteiger partial charge in [-0.05, 0) is 49.6 Å². The Bertz CT molecular complexity index is 397. The highest BCUT2D eigenvalue weighted by Crippen LogP contribution is 2.40. The molecule has 0 bridgehead atoms. The molecule has 0 aliphatic rings. The van der Waals surface area contributed by atoms with Crippen LogP contribution in [-0.2, 0) is 8.85 Å². The molecule has 2 N–H and O–H groups in total. The molecule has 0 spiro atoms. The summed E-state index contributed by atoms with van der Waals surface area (Å²) >= 11 is 0. The van der Waals surface area contributed by atoms with Crippen molar-refractivity contribution in [2.45, 2.75) is 116 Å². The number of aliphatic hydroxyl groups excluding tert-OH is 2. The van der Waals surface area contributed by atoms with Crippen molar-refractivity contribution in [1.82, 2.24) is 0 Å². The average Bonchev–Trinajstić information content (AvgIpc) is 2.34. The van der Waals surface area contributed by atoms with Crippen molar-refractivity contribution in [3.05, 3.63) is 0 Å². The first-order valence-electron chi connectivity index (χ1n) is 9.59. The molecule has 0 amide bonds. The third-order valence-corrected chi connectivity index (χ3v) is 15.1. The van der Waals surface area contributed by atoms with Gasteiger partial charge in [-0.15, -0.1) is 0 Å². The van der Waals surface area contributed by atoms with Crippen LogP contribution in [-0.4, -0.2) is 51.8 Å². The van der Waals surface area contributed by atoms with Crippen LogP contribution in [0.3, 0.4) is 0 Å². The lowest BCUT2D eigenvalue weighted by molar-refractivity contribution is 0.00480. The lowest BCUT2D eigenvalue weighted by atomic mass is 10.1. The molecule has 0 saturated carbocycles. The minimum Gasteiger partial charge on any atom is -0.412 e. The summed E-state index contributed by atoms with van der Waals surface area (Å²) < 4.78 is 13.2. The predicted octanol–water partition coefficient (Wildman–Crippen LogP) is 4.92. The quantitative estimate of drug-likeness (QED) is 0.547. The molecule has 152 valence electrons. The highest BCUT2D eigenvalue weighted by atomic mass is 28.4. The van der Waals surface area contributed by atoms with E-state index in [0.717, 1.165) is 0 Å². The molecule has 3 atom stereocenters. The monoisotopic (exact) mass is 392 g/mol. The van der Waals surface area contributed by atoms with E-state index >= 15 is 0 Å². The second kappa shape index (κ2) is 8.98. The largest absolute Gasteiger partial charge is 0.412 e. The molecule has 0 heterocycles. The van der Waals surface area contributed by atoms with E-state index in [1.165, 1.54) is 0 Å². The lowest BCUT2D eigenvalue weighted by Gasteiger charge is -2.44. The van der Waals surface area contributed by atoms with E-state index in [1.807, 2.05) is 0 Å². The van der Waals surface area contributed by atoms with Crippen LogP contribution in [0.5, 0.6) is 0 Å².